The third kappa shape index (κ3) is 2.20. The largest absolute Gasteiger partial charge is 0.355 e. The van der Waals surface area contributed by atoms with E-state index in [1.165, 1.54) is 19.3 Å². The van der Waals surface area contributed by atoms with Crippen LogP contribution in [0.2, 0.25) is 0 Å². The van der Waals surface area contributed by atoms with Crippen LogP contribution in [0, 0.1) is 6.92 Å². The Hall–Kier alpha value is -0.490. The molecule has 0 N–H and O–H groups in total. The molecule has 0 saturated carbocycles. The van der Waals surface area contributed by atoms with Crippen LogP contribution < -0.4 is 4.90 Å². The molecule has 2 aromatic heterocycles. The summed E-state index contributed by atoms with van der Waals surface area (Å²) >= 11 is 2.33. The van der Waals surface area contributed by atoms with Crippen LogP contribution in [-0.4, -0.2) is 32.6 Å². The Morgan fingerprint density at radius 1 is 1.28 bits per heavy atom. The van der Waals surface area contributed by atoms with Gasteiger partial charge in [-0.25, -0.2) is 14.4 Å². The third-order valence-electron chi connectivity index (χ3n) is 3.29. The Kier molecular flexibility index (Phi) is 3.66. The predicted octanol–water partition coefficient (Wildman–Crippen LogP) is 2.92. The van der Waals surface area contributed by atoms with Gasteiger partial charge in [-0.1, -0.05) is 0 Å². The molecule has 5 nitrogen and oxygen atoms in total. The van der Waals surface area contributed by atoms with Crippen LogP contribution >= 0.6 is 28.4 Å². The van der Waals surface area contributed by atoms with Crippen LogP contribution in [-0.2, 0) is 0 Å². The highest BCUT2D eigenvalue weighted by Gasteiger charge is 2.16. The van der Waals surface area contributed by atoms with Crippen molar-refractivity contribution >= 4 is 45.4 Å². The number of hydrogen-bond acceptors (Lipinski definition) is 4. The summed E-state index contributed by atoms with van der Waals surface area (Å²) in [5.41, 5.74) is 2.81. The fourth-order valence-corrected chi connectivity index (χ4v) is 3.79. The fourth-order valence-electron chi connectivity index (χ4n) is 2.35. The van der Waals surface area contributed by atoms with E-state index >= 15 is 0 Å². The molecule has 3 rings (SSSR count). The zero-order valence-electron chi connectivity index (χ0n) is 10.2. The number of fused-ring (bicyclic) bond motifs is 1. The summed E-state index contributed by atoms with van der Waals surface area (Å²) in [5, 5.41) is 4.47. The van der Waals surface area contributed by atoms with E-state index in [0.717, 1.165) is 35.8 Å². The number of halogens is 1. The predicted molar refractivity (Wildman–Crippen MR) is 83.9 cm³/mol. The van der Waals surface area contributed by atoms with Gasteiger partial charge >= 0.3 is 0 Å². The van der Waals surface area contributed by atoms with Gasteiger partial charge < -0.3 is 4.90 Å². The molecule has 0 spiro atoms. The first-order valence-corrected chi connectivity index (χ1v) is 10.2. The van der Waals surface area contributed by atoms with Crippen LogP contribution in [0.25, 0.3) is 11.2 Å². The highest BCUT2D eigenvalue weighted by atomic mass is 127. The van der Waals surface area contributed by atoms with Gasteiger partial charge in [-0.15, -0.1) is 0 Å². The van der Waals surface area contributed by atoms with Crippen LogP contribution in [0.5, 0.6) is 0 Å². The Morgan fingerprint density at radius 2 is 2.06 bits per heavy atom. The molecule has 1 unspecified atom stereocenters. The summed E-state index contributed by atoms with van der Waals surface area (Å²) in [6, 6.07) is 0. The minimum absolute atomic E-state index is 0.565. The minimum atomic E-state index is 0.565. The molecule has 18 heavy (non-hydrogen) atoms. The van der Waals surface area contributed by atoms with Gasteiger partial charge in [0.05, 0.1) is 18.3 Å². The fraction of sp³-hybridized carbons (Fsp3) is 0.545. The Labute approximate surface area is 121 Å². The lowest BCUT2D eigenvalue weighted by molar-refractivity contribution is 0.573. The molecule has 1 aliphatic rings. The summed E-state index contributed by atoms with van der Waals surface area (Å²) in [5.74, 6) is 0.998. The van der Waals surface area contributed by atoms with Crippen molar-refractivity contribution in [2.75, 3.05) is 18.0 Å². The van der Waals surface area contributed by atoms with Crippen LogP contribution in [0.3, 0.4) is 0 Å². The average Bonchev–Trinajstić information content (AvgIpc) is 2.76. The van der Waals surface area contributed by atoms with Crippen molar-refractivity contribution in [1.82, 2.24) is 19.5 Å². The van der Waals surface area contributed by atoms with Crippen molar-refractivity contribution in [1.29, 1.82) is 0 Å². The smallest absolute Gasteiger partial charge is 0.183 e. The van der Waals surface area contributed by atoms with Crippen LogP contribution in [0.4, 0.5) is 5.82 Å². The second-order valence-electron chi connectivity index (χ2n) is 4.53. The number of nitrogens with zero attached hydrogens (tertiary/aromatic N) is 5. The molecule has 0 amide bonds. The maximum Gasteiger partial charge on any atom is 0.183 e. The number of hydrogen-bond donors (Lipinski definition) is 0. The highest BCUT2D eigenvalue weighted by molar-refractivity contribution is 14.2. The highest BCUT2D eigenvalue weighted by Crippen LogP contribution is 2.29. The van der Waals surface area contributed by atoms with Gasteiger partial charge in [0.2, 0.25) is 0 Å². The van der Waals surface area contributed by atoms with Gasteiger partial charge in [0.25, 0.3) is 0 Å². The van der Waals surface area contributed by atoms with E-state index in [-0.39, 0.29) is 0 Å². The number of aromatic nitrogens is 4. The van der Waals surface area contributed by atoms with E-state index in [1.807, 2.05) is 17.6 Å². The van der Waals surface area contributed by atoms with Gasteiger partial charge in [-0.3, -0.25) is 0 Å². The molecule has 7 heteroatoms. The van der Waals surface area contributed by atoms with Gasteiger partial charge in [-0.2, -0.15) is 5.10 Å². The molecule has 96 valence electrons. The van der Waals surface area contributed by atoms with Gasteiger partial charge in [0.15, 0.2) is 5.65 Å². The van der Waals surface area contributed by atoms with Gasteiger partial charge in [-0.05, 0) is 48.2 Å². The summed E-state index contributed by atoms with van der Waals surface area (Å²) in [7, 11) is 0. The molecule has 0 bridgehead atoms. The van der Waals surface area contributed by atoms with E-state index in [0.29, 0.717) is 6.37 Å². The third-order valence-corrected chi connectivity index (χ3v) is 5.14. The van der Waals surface area contributed by atoms with Crippen molar-refractivity contribution in [3.8, 4) is 0 Å². The van der Waals surface area contributed by atoms with Gasteiger partial charge in [0, 0.05) is 13.1 Å². The summed E-state index contributed by atoms with van der Waals surface area (Å²) < 4.78 is 1.95. The maximum absolute atomic E-state index is 4.76. The number of piperidine rings is 1. The lowest BCUT2D eigenvalue weighted by atomic mass is 10.1. The molecular weight excluding hydrogens is 360 g/mol. The molecule has 1 fully saturated rings. The second-order valence-corrected chi connectivity index (χ2v) is 6.57. The quantitative estimate of drug-likeness (QED) is 0.598. The SMILES string of the molecule is Cc1nn(PI)c2nc(N3CCCCC3)cnc12. The van der Waals surface area contributed by atoms with E-state index in [2.05, 4.69) is 37.0 Å². The van der Waals surface area contributed by atoms with Crippen LogP contribution in [0.15, 0.2) is 6.20 Å². The topological polar surface area (TPSA) is 46.8 Å². The number of anilines is 1. The standard InChI is InChI=1S/C11H15IN5P/c1-8-10-11(17(15-8)18-12)14-9(7-13-10)16-5-3-2-4-6-16/h7,18H,2-6H2,1H3. The normalized spacial score (nSPS) is 17.1. The molecule has 3 heterocycles. The van der Waals surface area contributed by atoms with Crippen molar-refractivity contribution < 1.29 is 0 Å². The molecule has 1 atom stereocenters. The first-order valence-electron chi connectivity index (χ1n) is 6.13. The molecule has 2 aromatic rings. The van der Waals surface area contributed by atoms with E-state index in [1.54, 1.807) is 0 Å². The van der Waals surface area contributed by atoms with E-state index in [9.17, 15) is 0 Å². The van der Waals surface area contributed by atoms with Crippen LogP contribution in [0.1, 0.15) is 25.0 Å². The van der Waals surface area contributed by atoms with Crippen molar-refractivity contribution in [2.24, 2.45) is 0 Å². The molecule has 0 aliphatic carbocycles. The maximum atomic E-state index is 4.76. The first-order chi connectivity index (χ1) is 8.79. The molecule has 1 aliphatic heterocycles. The van der Waals surface area contributed by atoms with Crippen molar-refractivity contribution in [3.05, 3.63) is 11.9 Å². The monoisotopic (exact) mass is 375 g/mol. The molecule has 0 radical (unpaired) electrons. The average molecular weight is 375 g/mol. The Balaban J connectivity index is 2.03. The summed E-state index contributed by atoms with van der Waals surface area (Å²) in [6.45, 7) is 4.19. The Bertz CT molecular complexity index is 564. The molecule has 0 aromatic carbocycles. The zero-order chi connectivity index (χ0) is 12.5. The second kappa shape index (κ2) is 5.25. The lowest BCUT2D eigenvalue weighted by Crippen LogP contribution is -2.30. The van der Waals surface area contributed by atoms with Gasteiger partial charge in [0.1, 0.15) is 11.3 Å². The number of aryl methyl sites for hydroxylation is 1. The summed E-state index contributed by atoms with van der Waals surface area (Å²) in [4.78, 5) is 11.6. The van der Waals surface area contributed by atoms with Crippen molar-refractivity contribution in [3.63, 3.8) is 0 Å². The number of rotatable bonds is 2. The van der Waals surface area contributed by atoms with E-state index in [4.69, 9.17) is 4.98 Å². The minimum Gasteiger partial charge on any atom is -0.355 e. The first kappa shape index (κ1) is 12.5. The van der Waals surface area contributed by atoms with Crippen molar-refractivity contribution in [2.45, 2.75) is 26.2 Å². The summed E-state index contributed by atoms with van der Waals surface area (Å²) in [6.07, 6.45) is 6.30. The van der Waals surface area contributed by atoms with E-state index < -0.39 is 0 Å². The Morgan fingerprint density at radius 3 is 2.78 bits per heavy atom. The molecule has 1 saturated heterocycles. The molecular formula is C11H15IN5P. The zero-order valence-corrected chi connectivity index (χ0v) is 13.4. The lowest BCUT2D eigenvalue weighted by Gasteiger charge is -2.27.